The average Bonchev–Trinajstić information content (AvgIpc) is 3.14. The van der Waals surface area contributed by atoms with Gasteiger partial charge in [-0.05, 0) is 56.3 Å². The van der Waals surface area contributed by atoms with Crippen LogP contribution in [0.4, 0.5) is 0 Å². The van der Waals surface area contributed by atoms with Crippen LogP contribution in [0.1, 0.15) is 31.7 Å². The van der Waals surface area contributed by atoms with E-state index in [1.807, 2.05) is 6.07 Å². The van der Waals surface area contributed by atoms with Crippen LogP contribution >= 0.6 is 0 Å². The van der Waals surface area contributed by atoms with Gasteiger partial charge in [0.1, 0.15) is 5.75 Å². The SMILES string of the molecule is COCCNCC1CC1c1cccc(OC(C)C)c1. The molecule has 0 radical (unpaired) electrons. The van der Waals surface area contributed by atoms with Crippen LogP contribution in [-0.4, -0.2) is 32.9 Å². The first-order chi connectivity index (χ1) is 9.20. The Bertz CT molecular complexity index is 392. The van der Waals surface area contributed by atoms with Gasteiger partial charge in [0.2, 0.25) is 0 Å². The molecule has 2 rings (SSSR count). The summed E-state index contributed by atoms with van der Waals surface area (Å²) in [6, 6.07) is 8.55. The van der Waals surface area contributed by atoms with Crippen molar-refractivity contribution in [3.63, 3.8) is 0 Å². The van der Waals surface area contributed by atoms with Gasteiger partial charge in [-0.1, -0.05) is 12.1 Å². The van der Waals surface area contributed by atoms with Gasteiger partial charge in [-0.15, -0.1) is 0 Å². The number of rotatable bonds is 8. The Labute approximate surface area is 116 Å². The lowest BCUT2D eigenvalue weighted by Gasteiger charge is -2.11. The predicted molar refractivity (Wildman–Crippen MR) is 77.8 cm³/mol. The zero-order valence-electron chi connectivity index (χ0n) is 12.2. The van der Waals surface area contributed by atoms with Gasteiger partial charge in [0, 0.05) is 13.7 Å². The van der Waals surface area contributed by atoms with Crippen LogP contribution in [0.2, 0.25) is 0 Å². The Morgan fingerprint density at radius 2 is 2.21 bits per heavy atom. The fourth-order valence-electron chi connectivity index (χ4n) is 2.43. The summed E-state index contributed by atoms with van der Waals surface area (Å²) >= 11 is 0. The van der Waals surface area contributed by atoms with Crippen LogP contribution in [0.25, 0.3) is 0 Å². The topological polar surface area (TPSA) is 30.5 Å². The first-order valence-corrected chi connectivity index (χ1v) is 7.17. The van der Waals surface area contributed by atoms with Crippen LogP contribution in [0.15, 0.2) is 24.3 Å². The van der Waals surface area contributed by atoms with E-state index in [1.165, 1.54) is 12.0 Å². The maximum absolute atomic E-state index is 5.75. The molecule has 2 unspecified atom stereocenters. The summed E-state index contributed by atoms with van der Waals surface area (Å²) in [6.07, 6.45) is 1.52. The number of hydrogen-bond donors (Lipinski definition) is 1. The Hall–Kier alpha value is -1.06. The molecule has 0 aromatic heterocycles. The molecule has 19 heavy (non-hydrogen) atoms. The van der Waals surface area contributed by atoms with Crippen LogP contribution in [-0.2, 0) is 4.74 Å². The summed E-state index contributed by atoms with van der Waals surface area (Å²) < 4.78 is 10.8. The second kappa shape index (κ2) is 6.92. The number of hydrogen-bond acceptors (Lipinski definition) is 3. The molecule has 0 heterocycles. The standard InChI is InChI=1S/C16H25NO2/c1-12(2)19-15-6-4-5-13(9-15)16-10-14(16)11-17-7-8-18-3/h4-6,9,12,14,16-17H,7-8,10-11H2,1-3H3. The zero-order chi connectivity index (χ0) is 13.7. The molecular formula is C16H25NO2. The third-order valence-corrected chi connectivity index (χ3v) is 3.47. The second-order valence-corrected chi connectivity index (χ2v) is 5.54. The lowest BCUT2D eigenvalue weighted by atomic mass is 10.1. The summed E-state index contributed by atoms with van der Waals surface area (Å²) in [7, 11) is 1.74. The zero-order valence-corrected chi connectivity index (χ0v) is 12.2. The Morgan fingerprint density at radius 3 is 2.95 bits per heavy atom. The smallest absolute Gasteiger partial charge is 0.119 e. The molecule has 1 N–H and O–H groups in total. The van der Waals surface area contributed by atoms with E-state index in [2.05, 4.69) is 37.4 Å². The van der Waals surface area contributed by atoms with E-state index >= 15 is 0 Å². The number of ether oxygens (including phenoxy) is 2. The van der Waals surface area contributed by atoms with Gasteiger partial charge in [0.25, 0.3) is 0 Å². The van der Waals surface area contributed by atoms with E-state index in [-0.39, 0.29) is 6.10 Å². The number of methoxy groups -OCH3 is 1. The first-order valence-electron chi connectivity index (χ1n) is 7.17. The maximum atomic E-state index is 5.75. The van der Waals surface area contributed by atoms with Gasteiger partial charge in [-0.2, -0.15) is 0 Å². The van der Waals surface area contributed by atoms with Crippen molar-refractivity contribution in [1.82, 2.24) is 5.32 Å². The molecule has 1 aromatic rings. The molecule has 1 aliphatic rings. The van der Waals surface area contributed by atoms with E-state index in [1.54, 1.807) is 7.11 Å². The van der Waals surface area contributed by atoms with Gasteiger partial charge < -0.3 is 14.8 Å². The molecular weight excluding hydrogens is 238 g/mol. The van der Waals surface area contributed by atoms with Gasteiger partial charge in [-0.25, -0.2) is 0 Å². The average molecular weight is 263 g/mol. The van der Waals surface area contributed by atoms with Crippen LogP contribution in [0, 0.1) is 5.92 Å². The molecule has 0 spiro atoms. The van der Waals surface area contributed by atoms with E-state index in [0.29, 0.717) is 5.92 Å². The van der Waals surface area contributed by atoms with E-state index in [4.69, 9.17) is 9.47 Å². The first kappa shape index (κ1) is 14.4. The summed E-state index contributed by atoms with van der Waals surface area (Å²) in [5.74, 6) is 2.46. The highest BCUT2D eigenvalue weighted by Crippen LogP contribution is 2.47. The van der Waals surface area contributed by atoms with Crippen molar-refractivity contribution in [2.75, 3.05) is 26.8 Å². The van der Waals surface area contributed by atoms with Crippen molar-refractivity contribution in [2.24, 2.45) is 5.92 Å². The number of nitrogens with one attached hydrogen (secondary N) is 1. The van der Waals surface area contributed by atoms with Gasteiger partial charge in [0.05, 0.1) is 12.7 Å². The van der Waals surface area contributed by atoms with Crippen LogP contribution in [0.3, 0.4) is 0 Å². The van der Waals surface area contributed by atoms with E-state index < -0.39 is 0 Å². The molecule has 0 bridgehead atoms. The minimum Gasteiger partial charge on any atom is -0.491 e. The quantitative estimate of drug-likeness (QED) is 0.732. The van der Waals surface area contributed by atoms with Crippen molar-refractivity contribution in [3.8, 4) is 5.75 Å². The number of benzene rings is 1. The highest BCUT2D eigenvalue weighted by molar-refractivity contribution is 5.34. The molecule has 1 aromatic carbocycles. The minimum absolute atomic E-state index is 0.237. The van der Waals surface area contributed by atoms with Crippen molar-refractivity contribution >= 4 is 0 Å². The molecule has 1 aliphatic carbocycles. The van der Waals surface area contributed by atoms with E-state index in [0.717, 1.165) is 31.4 Å². The fraction of sp³-hybridized carbons (Fsp3) is 0.625. The highest BCUT2D eigenvalue weighted by atomic mass is 16.5. The molecule has 106 valence electrons. The normalized spacial score (nSPS) is 21.7. The van der Waals surface area contributed by atoms with Crippen LogP contribution in [0.5, 0.6) is 5.75 Å². The van der Waals surface area contributed by atoms with Crippen molar-refractivity contribution in [1.29, 1.82) is 0 Å². The molecule has 3 nitrogen and oxygen atoms in total. The summed E-state index contributed by atoms with van der Waals surface area (Å²) in [5, 5.41) is 3.44. The molecule has 3 heteroatoms. The fourth-order valence-corrected chi connectivity index (χ4v) is 2.43. The third-order valence-electron chi connectivity index (χ3n) is 3.47. The molecule has 1 saturated carbocycles. The predicted octanol–water partition coefficient (Wildman–Crippen LogP) is 2.81. The maximum Gasteiger partial charge on any atom is 0.119 e. The molecule has 0 amide bonds. The third kappa shape index (κ3) is 4.51. The largest absolute Gasteiger partial charge is 0.491 e. The van der Waals surface area contributed by atoms with Crippen molar-refractivity contribution < 1.29 is 9.47 Å². The summed E-state index contributed by atoms with van der Waals surface area (Å²) in [4.78, 5) is 0. The van der Waals surface area contributed by atoms with Crippen LogP contribution < -0.4 is 10.1 Å². The van der Waals surface area contributed by atoms with Gasteiger partial charge in [0.15, 0.2) is 0 Å². The summed E-state index contributed by atoms with van der Waals surface area (Å²) in [5.41, 5.74) is 1.41. The molecule has 1 fully saturated rings. The van der Waals surface area contributed by atoms with Gasteiger partial charge >= 0.3 is 0 Å². The Kier molecular flexibility index (Phi) is 5.23. The Morgan fingerprint density at radius 1 is 1.37 bits per heavy atom. The lowest BCUT2D eigenvalue weighted by Crippen LogP contribution is -2.21. The minimum atomic E-state index is 0.237. The molecule has 0 aliphatic heterocycles. The van der Waals surface area contributed by atoms with E-state index in [9.17, 15) is 0 Å². The molecule has 0 saturated heterocycles. The van der Waals surface area contributed by atoms with Crippen molar-refractivity contribution in [3.05, 3.63) is 29.8 Å². The monoisotopic (exact) mass is 263 g/mol. The molecule has 2 atom stereocenters. The highest BCUT2D eigenvalue weighted by Gasteiger charge is 2.37. The van der Waals surface area contributed by atoms with Crippen molar-refractivity contribution in [2.45, 2.75) is 32.3 Å². The summed E-state index contributed by atoms with van der Waals surface area (Å²) in [6.45, 7) is 6.94. The second-order valence-electron chi connectivity index (χ2n) is 5.54. The Balaban J connectivity index is 1.80. The lowest BCUT2D eigenvalue weighted by molar-refractivity contribution is 0.199. The van der Waals surface area contributed by atoms with Gasteiger partial charge in [-0.3, -0.25) is 0 Å².